The van der Waals surface area contributed by atoms with Gasteiger partial charge < -0.3 is 18.6 Å². The molecule has 0 N–H and O–H groups in total. The molecule has 1 aliphatic heterocycles. The maximum Gasteiger partial charge on any atom is 0.275 e. The second-order valence-corrected chi connectivity index (χ2v) is 13.0. The van der Waals surface area contributed by atoms with E-state index < -0.39 is 0 Å². The Hall–Kier alpha value is -4.78. The maximum absolute atomic E-state index is 14.7. The van der Waals surface area contributed by atoms with E-state index in [1.54, 1.807) is 6.26 Å². The molecule has 1 amide bonds. The van der Waals surface area contributed by atoms with Crippen molar-refractivity contribution in [3.05, 3.63) is 99.7 Å². The molecular formula is C39H42N4O3. The zero-order valence-corrected chi connectivity index (χ0v) is 28.1. The normalized spacial score (nSPS) is 14.9. The van der Waals surface area contributed by atoms with Crippen LogP contribution >= 0.6 is 0 Å². The molecule has 0 unspecified atom stereocenters. The standard InChI is InChI=1S/C39H42N4O3/c1-22-15-16-31-30(13-11-17-45-29-18-23(2)26(5)24(3)19-29)38-39(44)42(33-21-46-34-14-10-9-12-32(33)34)20-25(4)43(38)37(31)35(22)36-27(6)40-41(8)28(36)7/h9-10,12,14-16,18-19,21,25H,11,13,17,20H2,1-8H3/t25-/m1/s1. The van der Waals surface area contributed by atoms with Gasteiger partial charge in [0, 0.05) is 47.2 Å². The highest BCUT2D eigenvalue weighted by atomic mass is 16.5. The Balaban J connectivity index is 1.36. The van der Waals surface area contributed by atoms with E-state index >= 15 is 0 Å². The highest BCUT2D eigenvalue weighted by molar-refractivity contribution is 6.15. The summed E-state index contributed by atoms with van der Waals surface area (Å²) >= 11 is 0. The highest BCUT2D eigenvalue weighted by Crippen LogP contribution is 2.44. The lowest BCUT2D eigenvalue weighted by molar-refractivity contribution is 0.0957. The number of aryl methyl sites for hydroxylation is 6. The van der Waals surface area contributed by atoms with E-state index in [1.807, 2.05) is 40.9 Å². The largest absolute Gasteiger partial charge is 0.494 e. The van der Waals surface area contributed by atoms with Gasteiger partial charge in [-0.3, -0.25) is 9.48 Å². The molecule has 0 radical (unpaired) electrons. The Labute approximate surface area is 270 Å². The van der Waals surface area contributed by atoms with Crippen molar-refractivity contribution in [3.8, 4) is 16.9 Å². The third-order valence-electron chi connectivity index (χ3n) is 10.1. The molecular weight excluding hydrogens is 572 g/mol. The number of anilines is 1. The van der Waals surface area contributed by atoms with Gasteiger partial charge in [-0.25, -0.2) is 0 Å². The fourth-order valence-corrected chi connectivity index (χ4v) is 7.40. The van der Waals surface area contributed by atoms with Gasteiger partial charge in [-0.15, -0.1) is 0 Å². The van der Waals surface area contributed by atoms with Crippen LogP contribution < -0.4 is 9.64 Å². The molecule has 6 aromatic rings. The van der Waals surface area contributed by atoms with Crippen LogP contribution in [0.5, 0.6) is 5.75 Å². The second kappa shape index (κ2) is 11.2. The summed E-state index contributed by atoms with van der Waals surface area (Å²) in [5, 5.41) is 6.85. The van der Waals surface area contributed by atoms with Crippen LogP contribution in [0.25, 0.3) is 33.0 Å². The number of carbonyl (C=O) groups is 1. The SMILES string of the molecule is Cc1cc(OCCCc2c3n(c4c(-c5c(C)nn(C)c5C)c(C)ccc24)[C@H](C)CN(c2coc4ccccc24)C3=O)cc(C)c1C. The lowest BCUT2D eigenvalue weighted by Gasteiger charge is -2.33. The molecule has 1 atom stereocenters. The fraction of sp³-hybridized carbons (Fsp3) is 0.333. The molecule has 236 valence electrons. The van der Waals surface area contributed by atoms with E-state index in [2.05, 4.69) is 77.3 Å². The van der Waals surface area contributed by atoms with Crippen molar-refractivity contribution in [3.63, 3.8) is 0 Å². The molecule has 46 heavy (non-hydrogen) atoms. The third kappa shape index (κ3) is 4.63. The highest BCUT2D eigenvalue weighted by Gasteiger charge is 2.37. The number of hydrogen-bond acceptors (Lipinski definition) is 4. The van der Waals surface area contributed by atoms with E-state index in [0.29, 0.717) is 19.6 Å². The topological polar surface area (TPSA) is 65.4 Å². The van der Waals surface area contributed by atoms with E-state index in [4.69, 9.17) is 14.3 Å². The summed E-state index contributed by atoms with van der Waals surface area (Å²) in [5.74, 6) is 0.900. The van der Waals surface area contributed by atoms with Crippen molar-refractivity contribution in [1.82, 2.24) is 14.3 Å². The first-order valence-corrected chi connectivity index (χ1v) is 16.2. The van der Waals surface area contributed by atoms with Gasteiger partial charge >= 0.3 is 0 Å². The van der Waals surface area contributed by atoms with Gasteiger partial charge in [0.05, 0.1) is 23.5 Å². The molecule has 0 bridgehead atoms. The molecule has 1 aliphatic rings. The molecule has 3 aromatic carbocycles. The Kier molecular flexibility index (Phi) is 7.30. The number of furan rings is 1. The van der Waals surface area contributed by atoms with Gasteiger partial charge in [0.2, 0.25) is 0 Å². The van der Waals surface area contributed by atoms with Crippen LogP contribution in [0, 0.1) is 41.5 Å². The summed E-state index contributed by atoms with van der Waals surface area (Å²) < 4.78 is 16.4. The van der Waals surface area contributed by atoms with Gasteiger partial charge in [-0.1, -0.05) is 24.3 Å². The van der Waals surface area contributed by atoms with E-state index in [-0.39, 0.29) is 11.9 Å². The summed E-state index contributed by atoms with van der Waals surface area (Å²) in [7, 11) is 2.00. The van der Waals surface area contributed by atoms with Gasteiger partial charge in [-0.2, -0.15) is 5.10 Å². The second-order valence-electron chi connectivity index (χ2n) is 13.0. The summed E-state index contributed by atoms with van der Waals surface area (Å²) in [5.41, 5.74) is 13.9. The molecule has 7 heteroatoms. The number of para-hydroxylation sites is 1. The summed E-state index contributed by atoms with van der Waals surface area (Å²) in [6, 6.07) is 16.6. The Morgan fingerprint density at radius 1 is 0.935 bits per heavy atom. The minimum atomic E-state index is 0.00443. The van der Waals surface area contributed by atoms with Crippen LogP contribution in [0.3, 0.4) is 0 Å². The van der Waals surface area contributed by atoms with E-state index in [1.165, 1.54) is 22.3 Å². The number of hydrogen-bond donors (Lipinski definition) is 0. The minimum Gasteiger partial charge on any atom is -0.494 e. The van der Waals surface area contributed by atoms with Crippen LogP contribution in [0.4, 0.5) is 5.69 Å². The molecule has 0 saturated heterocycles. The van der Waals surface area contributed by atoms with E-state index in [0.717, 1.165) is 73.5 Å². The monoisotopic (exact) mass is 614 g/mol. The molecule has 3 aromatic heterocycles. The smallest absolute Gasteiger partial charge is 0.275 e. The zero-order chi connectivity index (χ0) is 32.4. The van der Waals surface area contributed by atoms with Gasteiger partial charge in [0.25, 0.3) is 5.91 Å². The molecule has 7 rings (SSSR count). The molecule has 0 fully saturated rings. The Bertz CT molecular complexity index is 2140. The first-order chi connectivity index (χ1) is 22.1. The number of fused-ring (bicyclic) bond motifs is 4. The fourth-order valence-electron chi connectivity index (χ4n) is 7.40. The molecule has 7 nitrogen and oxygen atoms in total. The average molecular weight is 615 g/mol. The van der Waals surface area contributed by atoms with Crippen LogP contribution in [0.15, 0.2) is 59.2 Å². The summed E-state index contributed by atoms with van der Waals surface area (Å²) in [6.07, 6.45) is 3.22. The molecule has 0 spiro atoms. The lowest BCUT2D eigenvalue weighted by Crippen LogP contribution is -2.42. The number of carbonyl (C=O) groups excluding carboxylic acids is 1. The Morgan fingerprint density at radius 2 is 1.67 bits per heavy atom. The summed E-state index contributed by atoms with van der Waals surface area (Å²) in [6.45, 7) is 16.1. The predicted molar refractivity (Wildman–Crippen MR) is 185 cm³/mol. The summed E-state index contributed by atoms with van der Waals surface area (Å²) in [4.78, 5) is 16.7. The number of nitrogens with zero attached hydrogens (tertiary/aromatic N) is 4. The quantitative estimate of drug-likeness (QED) is 0.169. The number of ether oxygens (including phenoxy) is 1. The average Bonchev–Trinajstić information content (AvgIpc) is 3.68. The van der Waals surface area contributed by atoms with Crippen molar-refractivity contribution in [2.75, 3.05) is 18.1 Å². The Morgan fingerprint density at radius 3 is 2.39 bits per heavy atom. The van der Waals surface area contributed by atoms with E-state index in [9.17, 15) is 4.79 Å². The number of amides is 1. The molecule has 4 heterocycles. The first-order valence-electron chi connectivity index (χ1n) is 16.2. The van der Waals surface area contributed by atoms with Gasteiger partial charge in [-0.05, 0) is 113 Å². The van der Waals surface area contributed by atoms with Crippen LogP contribution in [-0.2, 0) is 13.5 Å². The zero-order valence-electron chi connectivity index (χ0n) is 28.1. The van der Waals surface area contributed by atoms with Crippen molar-refractivity contribution >= 4 is 33.5 Å². The molecule has 0 aliphatic carbocycles. The van der Waals surface area contributed by atoms with Crippen molar-refractivity contribution in [2.24, 2.45) is 7.05 Å². The van der Waals surface area contributed by atoms with Crippen molar-refractivity contribution in [2.45, 2.75) is 67.3 Å². The first kappa shape index (κ1) is 29.9. The maximum atomic E-state index is 14.7. The van der Waals surface area contributed by atoms with Crippen molar-refractivity contribution < 1.29 is 13.9 Å². The minimum absolute atomic E-state index is 0.00443. The number of benzene rings is 3. The van der Waals surface area contributed by atoms with Gasteiger partial charge in [0.1, 0.15) is 23.3 Å². The van der Waals surface area contributed by atoms with Crippen LogP contribution in [0.2, 0.25) is 0 Å². The molecule has 0 saturated carbocycles. The number of rotatable bonds is 7. The lowest BCUT2D eigenvalue weighted by atomic mass is 9.94. The third-order valence-corrected chi connectivity index (χ3v) is 10.1. The van der Waals surface area contributed by atoms with Gasteiger partial charge in [0.15, 0.2) is 0 Å². The van der Waals surface area contributed by atoms with Crippen LogP contribution in [-0.4, -0.2) is 33.4 Å². The van der Waals surface area contributed by atoms with Crippen LogP contribution in [0.1, 0.15) is 69.1 Å². The number of aromatic nitrogens is 3. The predicted octanol–water partition coefficient (Wildman–Crippen LogP) is 8.87. The van der Waals surface area contributed by atoms with Crippen molar-refractivity contribution in [1.29, 1.82) is 0 Å².